The first-order valence-corrected chi connectivity index (χ1v) is 6.64. The van der Waals surface area contributed by atoms with Crippen molar-refractivity contribution < 1.29 is 9.59 Å². The number of unbranched alkanes of at least 4 members (excludes halogenated alkanes) is 1. The molecule has 0 aromatic heterocycles. The first kappa shape index (κ1) is 12.7. The number of anilines is 1. The summed E-state index contributed by atoms with van der Waals surface area (Å²) in [7, 11) is 0. The average Bonchev–Trinajstić information content (AvgIpc) is 2.41. The summed E-state index contributed by atoms with van der Waals surface area (Å²) in [6, 6.07) is 7.39. The van der Waals surface area contributed by atoms with Gasteiger partial charge in [-0.15, -0.1) is 11.8 Å². The van der Waals surface area contributed by atoms with Crippen LogP contribution in [0.4, 0.5) is 5.69 Å². The molecule has 0 aliphatic carbocycles. The lowest BCUT2D eigenvalue weighted by Gasteiger charge is -2.28. The summed E-state index contributed by atoms with van der Waals surface area (Å²) in [6.07, 6.45) is 1.91. The standard InChI is InChI=1S/C13H12N2O2S/c14-5-1-2-6-15-11-4-3-10(8-16)7-12(11)18-9-13(15)17/h3-4,7-8H,1-2,6,9H2. The number of fused-ring (bicyclic) bond motifs is 1. The Kier molecular flexibility index (Phi) is 4.00. The van der Waals surface area contributed by atoms with Crippen molar-refractivity contribution in [1.82, 2.24) is 0 Å². The minimum Gasteiger partial charge on any atom is -0.311 e. The molecule has 0 atom stereocenters. The van der Waals surface area contributed by atoms with E-state index in [0.29, 0.717) is 30.7 Å². The highest BCUT2D eigenvalue weighted by molar-refractivity contribution is 8.00. The van der Waals surface area contributed by atoms with Gasteiger partial charge in [-0.2, -0.15) is 5.26 Å². The third kappa shape index (κ3) is 2.54. The third-order valence-corrected chi connectivity index (χ3v) is 3.76. The van der Waals surface area contributed by atoms with Crippen LogP contribution in [0.25, 0.3) is 0 Å². The zero-order valence-electron chi connectivity index (χ0n) is 9.76. The first-order chi connectivity index (χ1) is 8.76. The molecule has 0 saturated carbocycles. The summed E-state index contributed by atoms with van der Waals surface area (Å²) in [5.74, 6) is 0.450. The maximum Gasteiger partial charge on any atom is 0.237 e. The molecule has 4 nitrogen and oxygen atoms in total. The zero-order valence-corrected chi connectivity index (χ0v) is 10.6. The number of hydrogen-bond acceptors (Lipinski definition) is 4. The van der Waals surface area contributed by atoms with Crippen molar-refractivity contribution in [2.45, 2.75) is 17.7 Å². The Morgan fingerprint density at radius 2 is 2.33 bits per heavy atom. The van der Waals surface area contributed by atoms with Gasteiger partial charge < -0.3 is 4.90 Å². The van der Waals surface area contributed by atoms with Crippen molar-refractivity contribution in [3.8, 4) is 6.07 Å². The molecular formula is C13H12N2O2S. The van der Waals surface area contributed by atoms with E-state index in [1.807, 2.05) is 0 Å². The first-order valence-electron chi connectivity index (χ1n) is 5.65. The molecule has 1 heterocycles. The molecule has 0 fully saturated rings. The van der Waals surface area contributed by atoms with Crippen LogP contribution in [0, 0.1) is 11.3 Å². The number of hydrogen-bond donors (Lipinski definition) is 0. The van der Waals surface area contributed by atoms with E-state index in [1.54, 1.807) is 23.1 Å². The highest BCUT2D eigenvalue weighted by atomic mass is 32.2. The fourth-order valence-corrected chi connectivity index (χ4v) is 2.84. The molecule has 92 valence electrons. The summed E-state index contributed by atoms with van der Waals surface area (Å²) < 4.78 is 0. The second-order valence-electron chi connectivity index (χ2n) is 3.94. The summed E-state index contributed by atoms with van der Waals surface area (Å²) in [5.41, 5.74) is 1.47. The van der Waals surface area contributed by atoms with Crippen LogP contribution in [0.3, 0.4) is 0 Å². The van der Waals surface area contributed by atoms with Crippen LogP contribution in [0.2, 0.25) is 0 Å². The smallest absolute Gasteiger partial charge is 0.237 e. The van der Waals surface area contributed by atoms with Gasteiger partial charge in [-0.25, -0.2) is 0 Å². The van der Waals surface area contributed by atoms with E-state index in [1.165, 1.54) is 11.8 Å². The summed E-state index contributed by atoms with van der Waals surface area (Å²) >= 11 is 1.45. The molecule has 5 heteroatoms. The second kappa shape index (κ2) is 5.69. The Balaban J connectivity index is 2.24. The summed E-state index contributed by atoms with van der Waals surface area (Å²) in [5, 5.41) is 8.53. The predicted molar refractivity (Wildman–Crippen MR) is 69.8 cm³/mol. The van der Waals surface area contributed by atoms with Gasteiger partial charge in [0.2, 0.25) is 5.91 Å². The van der Waals surface area contributed by atoms with Crippen molar-refractivity contribution in [3.05, 3.63) is 23.8 Å². The van der Waals surface area contributed by atoms with Crippen molar-refractivity contribution in [1.29, 1.82) is 5.26 Å². The fraction of sp³-hybridized carbons (Fsp3) is 0.308. The van der Waals surface area contributed by atoms with Crippen LogP contribution in [0.5, 0.6) is 0 Å². The van der Waals surface area contributed by atoms with Crippen molar-refractivity contribution in [2.75, 3.05) is 17.2 Å². The Hall–Kier alpha value is -1.80. The van der Waals surface area contributed by atoms with Crippen molar-refractivity contribution in [2.24, 2.45) is 0 Å². The SMILES string of the molecule is N#CCCCN1C(=O)CSc2cc(C=O)ccc21. The normalized spacial score (nSPS) is 13.9. The van der Waals surface area contributed by atoms with Crippen LogP contribution in [-0.2, 0) is 4.79 Å². The number of rotatable bonds is 4. The molecule has 0 radical (unpaired) electrons. The van der Waals surface area contributed by atoms with Gasteiger partial charge in [0, 0.05) is 23.4 Å². The van der Waals surface area contributed by atoms with Gasteiger partial charge >= 0.3 is 0 Å². The van der Waals surface area contributed by atoms with Crippen LogP contribution in [-0.4, -0.2) is 24.5 Å². The average molecular weight is 260 g/mol. The molecule has 0 unspecified atom stereocenters. The highest BCUT2D eigenvalue weighted by Gasteiger charge is 2.24. The Bertz CT molecular complexity index is 522. The van der Waals surface area contributed by atoms with Gasteiger partial charge in [-0.05, 0) is 24.6 Å². The molecular weight excluding hydrogens is 248 g/mol. The lowest BCUT2D eigenvalue weighted by Crippen LogP contribution is -2.36. The van der Waals surface area contributed by atoms with E-state index < -0.39 is 0 Å². The fourth-order valence-electron chi connectivity index (χ4n) is 1.86. The third-order valence-electron chi connectivity index (χ3n) is 2.73. The van der Waals surface area contributed by atoms with Gasteiger partial charge in [0.05, 0.1) is 17.5 Å². The van der Waals surface area contributed by atoms with E-state index in [-0.39, 0.29) is 5.91 Å². The van der Waals surface area contributed by atoms with Crippen LogP contribution >= 0.6 is 11.8 Å². The van der Waals surface area contributed by atoms with E-state index in [9.17, 15) is 9.59 Å². The van der Waals surface area contributed by atoms with Gasteiger partial charge in [-0.1, -0.05) is 0 Å². The largest absolute Gasteiger partial charge is 0.311 e. The minimum absolute atomic E-state index is 0.0595. The summed E-state index contributed by atoms with van der Waals surface area (Å²) in [6.45, 7) is 0.556. The molecule has 1 amide bonds. The van der Waals surface area contributed by atoms with Gasteiger partial charge in [0.1, 0.15) is 6.29 Å². The lowest BCUT2D eigenvalue weighted by molar-refractivity contribution is -0.116. The molecule has 0 spiro atoms. The van der Waals surface area contributed by atoms with Crippen LogP contribution in [0.1, 0.15) is 23.2 Å². The monoisotopic (exact) mass is 260 g/mol. The number of benzene rings is 1. The number of nitriles is 1. The van der Waals surface area contributed by atoms with E-state index in [4.69, 9.17) is 5.26 Å². The van der Waals surface area contributed by atoms with Gasteiger partial charge in [-0.3, -0.25) is 9.59 Å². The van der Waals surface area contributed by atoms with Gasteiger partial charge in [0.15, 0.2) is 0 Å². The number of amides is 1. The number of thioether (sulfide) groups is 1. The zero-order chi connectivity index (χ0) is 13.0. The number of carbonyl (C=O) groups excluding carboxylic acids is 2. The Morgan fingerprint density at radius 1 is 1.50 bits per heavy atom. The molecule has 18 heavy (non-hydrogen) atoms. The lowest BCUT2D eigenvalue weighted by atomic mass is 10.2. The molecule has 1 aromatic rings. The van der Waals surface area contributed by atoms with Crippen LogP contribution < -0.4 is 4.90 Å². The Labute approximate surface area is 110 Å². The van der Waals surface area contributed by atoms with E-state index in [2.05, 4.69) is 6.07 Å². The van der Waals surface area contributed by atoms with Crippen LogP contribution in [0.15, 0.2) is 23.1 Å². The molecule has 0 N–H and O–H groups in total. The molecule has 0 bridgehead atoms. The maximum atomic E-state index is 11.9. The topological polar surface area (TPSA) is 61.2 Å². The highest BCUT2D eigenvalue weighted by Crippen LogP contribution is 2.35. The number of aldehydes is 1. The molecule has 1 aliphatic heterocycles. The number of nitrogens with zero attached hydrogens (tertiary/aromatic N) is 2. The number of carbonyl (C=O) groups is 2. The molecule has 1 aliphatic rings. The Morgan fingerprint density at radius 3 is 3.06 bits per heavy atom. The van der Waals surface area contributed by atoms with Crippen molar-refractivity contribution >= 4 is 29.6 Å². The maximum absolute atomic E-state index is 11.9. The van der Waals surface area contributed by atoms with Gasteiger partial charge in [0.25, 0.3) is 0 Å². The predicted octanol–water partition coefficient (Wildman–Crippen LogP) is 2.24. The minimum atomic E-state index is 0.0595. The molecule has 1 aromatic carbocycles. The quantitative estimate of drug-likeness (QED) is 0.615. The van der Waals surface area contributed by atoms with E-state index >= 15 is 0 Å². The van der Waals surface area contributed by atoms with E-state index in [0.717, 1.165) is 16.9 Å². The second-order valence-corrected chi connectivity index (χ2v) is 4.96. The molecule has 0 saturated heterocycles. The summed E-state index contributed by atoms with van der Waals surface area (Å²) in [4.78, 5) is 25.2. The molecule has 2 rings (SSSR count). The van der Waals surface area contributed by atoms with Crippen molar-refractivity contribution in [3.63, 3.8) is 0 Å².